The molecule has 14 heteroatoms. The smallest absolute Gasteiger partial charge is 0.297 e. The van der Waals surface area contributed by atoms with Gasteiger partial charge in [-0.15, -0.1) is 0 Å². The Bertz CT molecular complexity index is 1590. The molecule has 3 aromatic rings. The van der Waals surface area contributed by atoms with E-state index in [-0.39, 0.29) is 29.2 Å². The molecule has 2 aliphatic rings. The maximum atomic E-state index is 14.1. The van der Waals surface area contributed by atoms with Crippen LogP contribution in [0.2, 0.25) is 5.02 Å². The van der Waals surface area contributed by atoms with Crippen molar-refractivity contribution >= 4 is 38.9 Å². The minimum Gasteiger partial charge on any atom is -0.365 e. The first-order valence-corrected chi connectivity index (χ1v) is 14.6. The van der Waals surface area contributed by atoms with Gasteiger partial charge in [-0.1, -0.05) is 29.8 Å². The Kier molecular flexibility index (Phi) is 7.82. The summed E-state index contributed by atoms with van der Waals surface area (Å²) in [6, 6.07) is 10.9. The lowest BCUT2D eigenvalue weighted by Gasteiger charge is -2.39. The number of para-hydroxylation sites is 1. The first kappa shape index (κ1) is 28.0. The average molecular weight is 590 g/mol. The Morgan fingerprint density at radius 1 is 0.975 bits per heavy atom. The molecule has 2 aliphatic heterocycles. The molecule has 212 valence electrons. The summed E-state index contributed by atoms with van der Waals surface area (Å²) in [6.45, 7) is 4.31. The van der Waals surface area contributed by atoms with Crippen molar-refractivity contribution in [2.45, 2.75) is 4.90 Å². The van der Waals surface area contributed by atoms with Crippen LogP contribution in [-0.4, -0.2) is 93.3 Å². The Hall–Kier alpha value is -3.52. The number of piperazine rings is 2. The van der Waals surface area contributed by atoms with Crippen LogP contribution in [-0.2, 0) is 10.0 Å². The third kappa shape index (κ3) is 5.55. The molecule has 2 saturated heterocycles. The molecule has 0 radical (unpaired) electrons. The number of halogens is 2. The third-order valence-electron chi connectivity index (χ3n) is 7.22. The fourth-order valence-corrected chi connectivity index (χ4v) is 5.82. The number of carbonyl (C=O) groups excluding carboxylic acids is 1. The largest absolute Gasteiger partial charge is 0.365 e. The average Bonchev–Trinajstić information content (AvgIpc) is 2.93. The van der Waals surface area contributed by atoms with Gasteiger partial charge in [0.25, 0.3) is 11.5 Å². The summed E-state index contributed by atoms with van der Waals surface area (Å²) < 4.78 is 39.1. The number of primary sulfonamides is 1. The standard InChI is InChI=1S/C26H29ClFN7O4S/c1-31-7-9-33(10-8-31)24-22(17-30-35(26(24)37)18-5-3-2-4-6-18)32-11-13-34(14-12-32)25(36)19-15-23(40(29,38)39)21(28)16-20(19)27/h2-6,15-17H,7-14H2,1H3,(H2,29,38,39). The molecule has 1 amide bonds. The number of hydrogen-bond donors (Lipinski definition) is 1. The zero-order valence-electron chi connectivity index (χ0n) is 21.8. The third-order valence-corrected chi connectivity index (χ3v) is 8.46. The number of aromatic nitrogens is 2. The van der Waals surface area contributed by atoms with Crippen LogP contribution in [0.4, 0.5) is 15.8 Å². The van der Waals surface area contributed by atoms with E-state index in [2.05, 4.69) is 14.9 Å². The number of benzene rings is 2. The number of nitrogens with zero attached hydrogens (tertiary/aromatic N) is 6. The molecule has 0 atom stereocenters. The molecule has 0 spiro atoms. The van der Waals surface area contributed by atoms with E-state index in [1.807, 2.05) is 42.3 Å². The van der Waals surface area contributed by atoms with Gasteiger partial charge in [0.15, 0.2) is 0 Å². The minimum absolute atomic E-state index is 0.147. The lowest BCUT2D eigenvalue weighted by Crippen LogP contribution is -2.51. The van der Waals surface area contributed by atoms with Crippen LogP contribution in [0.15, 0.2) is 58.4 Å². The lowest BCUT2D eigenvalue weighted by molar-refractivity contribution is 0.0746. The predicted octanol–water partition coefficient (Wildman–Crippen LogP) is 1.39. The van der Waals surface area contributed by atoms with Gasteiger partial charge >= 0.3 is 0 Å². The molecule has 2 aromatic carbocycles. The van der Waals surface area contributed by atoms with Crippen molar-refractivity contribution in [1.29, 1.82) is 0 Å². The highest BCUT2D eigenvalue weighted by Gasteiger charge is 2.30. The molecular formula is C26H29ClFN7O4S. The minimum atomic E-state index is -4.39. The summed E-state index contributed by atoms with van der Waals surface area (Å²) in [5.74, 6) is -1.66. The van der Waals surface area contributed by atoms with Crippen LogP contribution in [0.25, 0.3) is 5.69 Å². The van der Waals surface area contributed by atoms with Crippen LogP contribution in [0.1, 0.15) is 10.4 Å². The van der Waals surface area contributed by atoms with E-state index in [0.29, 0.717) is 43.2 Å². The highest BCUT2D eigenvalue weighted by molar-refractivity contribution is 7.89. The number of sulfonamides is 1. The molecule has 11 nitrogen and oxygen atoms in total. The molecule has 3 heterocycles. The van der Waals surface area contributed by atoms with E-state index in [4.69, 9.17) is 16.7 Å². The van der Waals surface area contributed by atoms with Crippen molar-refractivity contribution in [3.8, 4) is 5.69 Å². The van der Waals surface area contributed by atoms with E-state index < -0.39 is 26.6 Å². The summed E-state index contributed by atoms with van der Waals surface area (Å²) in [5, 5.41) is 9.37. The quantitative estimate of drug-likeness (QED) is 0.473. The fraction of sp³-hybridized carbons (Fsp3) is 0.346. The van der Waals surface area contributed by atoms with E-state index in [9.17, 15) is 22.4 Å². The number of likely N-dealkylation sites (N-methyl/N-ethyl adjacent to an activating group) is 1. The molecule has 40 heavy (non-hydrogen) atoms. The second-order valence-electron chi connectivity index (χ2n) is 9.81. The topological polar surface area (TPSA) is 125 Å². The summed E-state index contributed by atoms with van der Waals surface area (Å²) >= 11 is 6.10. The van der Waals surface area contributed by atoms with Gasteiger partial charge in [0, 0.05) is 52.4 Å². The Labute approximate surface area is 236 Å². The zero-order chi connectivity index (χ0) is 28.6. The number of anilines is 2. The monoisotopic (exact) mass is 589 g/mol. The van der Waals surface area contributed by atoms with Crippen molar-refractivity contribution in [3.05, 3.63) is 75.4 Å². The molecule has 0 bridgehead atoms. The maximum absolute atomic E-state index is 14.1. The molecule has 0 aliphatic carbocycles. The number of amides is 1. The van der Waals surface area contributed by atoms with Crippen LogP contribution in [0.3, 0.4) is 0 Å². The van der Waals surface area contributed by atoms with Crippen LogP contribution in [0, 0.1) is 5.82 Å². The highest BCUT2D eigenvalue weighted by Crippen LogP contribution is 2.29. The molecule has 2 N–H and O–H groups in total. The number of nitrogens with two attached hydrogens (primary N) is 1. The van der Waals surface area contributed by atoms with Gasteiger partial charge in [-0.2, -0.15) is 9.78 Å². The summed E-state index contributed by atoms with van der Waals surface area (Å²) in [6.07, 6.45) is 1.69. The van der Waals surface area contributed by atoms with Crippen LogP contribution in [0.5, 0.6) is 0 Å². The van der Waals surface area contributed by atoms with Crippen molar-refractivity contribution in [2.75, 3.05) is 69.2 Å². The van der Waals surface area contributed by atoms with Gasteiger partial charge in [-0.3, -0.25) is 9.59 Å². The molecular weight excluding hydrogens is 561 g/mol. The second-order valence-corrected chi connectivity index (χ2v) is 11.7. The number of carbonyl (C=O) groups is 1. The lowest BCUT2D eigenvalue weighted by atomic mass is 10.1. The summed E-state index contributed by atoms with van der Waals surface area (Å²) in [4.78, 5) is 34.1. The van der Waals surface area contributed by atoms with Gasteiger partial charge in [0.1, 0.15) is 16.4 Å². The van der Waals surface area contributed by atoms with Crippen LogP contribution >= 0.6 is 11.6 Å². The number of rotatable bonds is 5. The molecule has 2 fully saturated rings. The SMILES string of the molecule is CN1CCN(c2c(N3CCN(C(=O)c4cc(S(N)(=O)=O)c(F)cc4Cl)CC3)cnn(-c3ccccc3)c2=O)CC1. The normalized spacial score (nSPS) is 16.9. The van der Waals surface area contributed by atoms with Gasteiger partial charge in [-0.05, 0) is 31.3 Å². The van der Waals surface area contributed by atoms with Gasteiger partial charge in [-0.25, -0.2) is 17.9 Å². The van der Waals surface area contributed by atoms with E-state index in [1.165, 1.54) is 9.58 Å². The van der Waals surface area contributed by atoms with Gasteiger partial charge < -0.3 is 19.6 Å². The van der Waals surface area contributed by atoms with Crippen LogP contribution < -0.4 is 20.5 Å². The van der Waals surface area contributed by atoms with Crippen molar-refractivity contribution in [2.24, 2.45) is 5.14 Å². The summed E-state index contributed by atoms with van der Waals surface area (Å²) in [7, 11) is -2.34. The number of hydrogen-bond acceptors (Lipinski definition) is 8. The molecule has 0 saturated carbocycles. The van der Waals surface area contributed by atoms with Gasteiger partial charge in [0.05, 0.1) is 28.2 Å². The molecule has 5 rings (SSSR count). The predicted molar refractivity (Wildman–Crippen MR) is 150 cm³/mol. The second kappa shape index (κ2) is 11.2. The fourth-order valence-electron chi connectivity index (χ4n) is 4.98. The van der Waals surface area contributed by atoms with Crippen molar-refractivity contribution < 1.29 is 17.6 Å². The van der Waals surface area contributed by atoms with Crippen molar-refractivity contribution in [3.63, 3.8) is 0 Å². The Morgan fingerprint density at radius 3 is 2.23 bits per heavy atom. The van der Waals surface area contributed by atoms with Crippen molar-refractivity contribution in [1.82, 2.24) is 19.6 Å². The highest BCUT2D eigenvalue weighted by atomic mass is 35.5. The Balaban J connectivity index is 1.42. The summed E-state index contributed by atoms with van der Waals surface area (Å²) in [5.41, 5.74) is 1.54. The first-order chi connectivity index (χ1) is 19.0. The first-order valence-electron chi connectivity index (χ1n) is 12.7. The maximum Gasteiger partial charge on any atom is 0.297 e. The van der Waals surface area contributed by atoms with E-state index in [1.54, 1.807) is 6.20 Å². The van der Waals surface area contributed by atoms with Gasteiger partial charge in [0.2, 0.25) is 10.0 Å². The van der Waals surface area contributed by atoms with E-state index >= 15 is 0 Å². The van der Waals surface area contributed by atoms with E-state index in [0.717, 1.165) is 25.2 Å². The molecule has 1 aromatic heterocycles. The zero-order valence-corrected chi connectivity index (χ0v) is 23.4. The molecule has 0 unspecified atom stereocenters. The Morgan fingerprint density at radius 2 is 1.60 bits per heavy atom.